The highest BCUT2D eigenvalue weighted by Gasteiger charge is 2.26. The topological polar surface area (TPSA) is 93.7 Å². The summed E-state index contributed by atoms with van der Waals surface area (Å²) in [7, 11) is 0. The number of para-hydroxylation sites is 2. The Balaban J connectivity index is 1.80. The van der Waals surface area contributed by atoms with Crippen LogP contribution in [0, 0.1) is 5.92 Å². The lowest BCUT2D eigenvalue weighted by Crippen LogP contribution is -2.47. The molecule has 0 aliphatic carbocycles. The molecule has 0 bridgehead atoms. The van der Waals surface area contributed by atoms with Crippen LogP contribution in [0.5, 0.6) is 5.75 Å². The van der Waals surface area contributed by atoms with Gasteiger partial charge in [-0.15, -0.1) is 0 Å². The number of rotatable bonds is 9. The fourth-order valence-electron chi connectivity index (χ4n) is 2.32. The highest BCUT2D eigenvalue weighted by molar-refractivity contribution is 5.93. The SMILES string of the molecule is CC(C)[C@H](NC(=O)COc1ccccc1)C(=O)OCC(=O)Nc1ccccc1. The van der Waals surface area contributed by atoms with E-state index >= 15 is 0 Å². The Bertz CT molecular complexity index is 778. The van der Waals surface area contributed by atoms with Gasteiger partial charge in [0.2, 0.25) is 0 Å². The summed E-state index contributed by atoms with van der Waals surface area (Å²) in [4.78, 5) is 36.3. The van der Waals surface area contributed by atoms with E-state index < -0.39 is 30.4 Å². The summed E-state index contributed by atoms with van der Waals surface area (Å²) in [5.41, 5.74) is 0.607. The molecule has 0 aliphatic heterocycles. The molecule has 0 saturated carbocycles. The lowest BCUT2D eigenvalue weighted by molar-refractivity contribution is -0.152. The Morgan fingerprint density at radius 3 is 2.07 bits per heavy atom. The molecule has 0 radical (unpaired) electrons. The number of amides is 2. The first-order chi connectivity index (χ1) is 13.5. The Kier molecular flexibility index (Phi) is 8.02. The molecule has 0 heterocycles. The molecule has 0 unspecified atom stereocenters. The van der Waals surface area contributed by atoms with Gasteiger partial charge in [-0.2, -0.15) is 0 Å². The van der Waals surface area contributed by atoms with Gasteiger partial charge in [-0.25, -0.2) is 4.79 Å². The van der Waals surface area contributed by atoms with E-state index in [1.54, 1.807) is 62.4 Å². The largest absolute Gasteiger partial charge is 0.484 e. The highest BCUT2D eigenvalue weighted by atomic mass is 16.5. The van der Waals surface area contributed by atoms with Crippen LogP contribution < -0.4 is 15.4 Å². The molecule has 0 spiro atoms. The zero-order chi connectivity index (χ0) is 20.4. The molecule has 148 valence electrons. The Labute approximate surface area is 164 Å². The molecule has 0 saturated heterocycles. The third kappa shape index (κ3) is 7.11. The fourth-order valence-corrected chi connectivity index (χ4v) is 2.32. The van der Waals surface area contributed by atoms with Crippen LogP contribution in [0.25, 0.3) is 0 Å². The average molecular weight is 384 g/mol. The van der Waals surface area contributed by atoms with Gasteiger partial charge in [0.25, 0.3) is 11.8 Å². The minimum atomic E-state index is -0.878. The second-order valence-corrected chi connectivity index (χ2v) is 6.41. The molecule has 0 fully saturated rings. The molecular weight excluding hydrogens is 360 g/mol. The van der Waals surface area contributed by atoms with Crippen molar-refractivity contribution in [2.24, 2.45) is 5.92 Å². The van der Waals surface area contributed by atoms with Gasteiger partial charge in [0.1, 0.15) is 11.8 Å². The van der Waals surface area contributed by atoms with Gasteiger partial charge in [-0.1, -0.05) is 50.2 Å². The van der Waals surface area contributed by atoms with Crippen molar-refractivity contribution in [1.29, 1.82) is 0 Å². The zero-order valence-corrected chi connectivity index (χ0v) is 15.9. The van der Waals surface area contributed by atoms with Crippen LogP contribution >= 0.6 is 0 Å². The molecular formula is C21H24N2O5. The number of ether oxygens (including phenoxy) is 2. The molecule has 28 heavy (non-hydrogen) atoms. The summed E-state index contributed by atoms with van der Waals surface area (Å²) >= 11 is 0. The van der Waals surface area contributed by atoms with E-state index in [2.05, 4.69) is 10.6 Å². The summed E-state index contributed by atoms with van der Waals surface area (Å²) < 4.78 is 10.4. The highest BCUT2D eigenvalue weighted by Crippen LogP contribution is 2.09. The smallest absolute Gasteiger partial charge is 0.329 e. The van der Waals surface area contributed by atoms with Gasteiger partial charge in [0, 0.05) is 5.69 Å². The van der Waals surface area contributed by atoms with Crippen molar-refractivity contribution < 1.29 is 23.9 Å². The van der Waals surface area contributed by atoms with Crippen LogP contribution in [0.1, 0.15) is 13.8 Å². The minimum Gasteiger partial charge on any atom is -0.484 e. The molecule has 1 atom stereocenters. The van der Waals surface area contributed by atoms with E-state index in [-0.39, 0.29) is 12.5 Å². The first-order valence-electron chi connectivity index (χ1n) is 8.94. The van der Waals surface area contributed by atoms with Gasteiger partial charge in [-0.05, 0) is 30.2 Å². The number of hydrogen-bond donors (Lipinski definition) is 2. The second-order valence-electron chi connectivity index (χ2n) is 6.41. The Morgan fingerprint density at radius 1 is 0.857 bits per heavy atom. The molecule has 0 aromatic heterocycles. The maximum atomic E-state index is 12.3. The monoisotopic (exact) mass is 384 g/mol. The molecule has 2 N–H and O–H groups in total. The summed E-state index contributed by atoms with van der Waals surface area (Å²) in [6, 6.07) is 16.8. The van der Waals surface area contributed by atoms with Crippen LogP contribution in [0.4, 0.5) is 5.69 Å². The van der Waals surface area contributed by atoms with Crippen LogP contribution in [0.3, 0.4) is 0 Å². The normalized spacial score (nSPS) is 11.4. The number of esters is 1. The van der Waals surface area contributed by atoms with Crippen LogP contribution in [0.2, 0.25) is 0 Å². The van der Waals surface area contributed by atoms with Crippen molar-refractivity contribution in [3.63, 3.8) is 0 Å². The van der Waals surface area contributed by atoms with Crippen molar-refractivity contribution in [1.82, 2.24) is 5.32 Å². The van der Waals surface area contributed by atoms with Crippen molar-refractivity contribution in [2.75, 3.05) is 18.5 Å². The quantitative estimate of drug-likeness (QED) is 0.648. The standard InChI is InChI=1S/C21H24N2O5/c1-15(2)20(23-19(25)13-27-17-11-7-4-8-12-17)21(26)28-14-18(24)22-16-9-5-3-6-10-16/h3-12,15,20H,13-14H2,1-2H3,(H,22,24)(H,23,25)/t20-/m0/s1. The first kappa shape index (κ1) is 21.0. The van der Waals surface area contributed by atoms with E-state index in [0.717, 1.165) is 0 Å². The first-order valence-corrected chi connectivity index (χ1v) is 8.94. The molecule has 0 aliphatic rings. The fraction of sp³-hybridized carbons (Fsp3) is 0.286. The molecule has 7 nitrogen and oxygen atoms in total. The molecule has 2 amide bonds. The average Bonchev–Trinajstić information content (AvgIpc) is 2.70. The molecule has 7 heteroatoms. The van der Waals surface area contributed by atoms with E-state index in [0.29, 0.717) is 11.4 Å². The third-order valence-electron chi connectivity index (χ3n) is 3.75. The lowest BCUT2D eigenvalue weighted by atomic mass is 10.0. The van der Waals surface area contributed by atoms with Gasteiger partial charge in [0.05, 0.1) is 0 Å². The van der Waals surface area contributed by atoms with E-state index in [1.165, 1.54) is 0 Å². The summed E-state index contributed by atoms with van der Waals surface area (Å²) in [6.45, 7) is 2.88. The maximum Gasteiger partial charge on any atom is 0.329 e. The lowest BCUT2D eigenvalue weighted by Gasteiger charge is -2.20. The summed E-state index contributed by atoms with van der Waals surface area (Å²) in [5.74, 6) is -1.25. The van der Waals surface area contributed by atoms with Crippen molar-refractivity contribution in [3.05, 3.63) is 60.7 Å². The van der Waals surface area contributed by atoms with Crippen LogP contribution in [-0.4, -0.2) is 37.0 Å². The summed E-state index contributed by atoms with van der Waals surface area (Å²) in [5, 5.41) is 5.21. The van der Waals surface area contributed by atoms with Crippen molar-refractivity contribution in [2.45, 2.75) is 19.9 Å². The van der Waals surface area contributed by atoms with E-state index in [1.807, 2.05) is 12.1 Å². The number of benzene rings is 2. The third-order valence-corrected chi connectivity index (χ3v) is 3.75. The van der Waals surface area contributed by atoms with Crippen molar-refractivity contribution >= 4 is 23.5 Å². The second kappa shape index (κ2) is 10.7. The Morgan fingerprint density at radius 2 is 1.46 bits per heavy atom. The van der Waals surface area contributed by atoms with Crippen LogP contribution in [0.15, 0.2) is 60.7 Å². The molecule has 2 rings (SSSR count). The van der Waals surface area contributed by atoms with Crippen molar-refractivity contribution in [3.8, 4) is 5.75 Å². The maximum absolute atomic E-state index is 12.3. The number of nitrogens with one attached hydrogen (secondary N) is 2. The molecule has 2 aromatic carbocycles. The zero-order valence-electron chi connectivity index (χ0n) is 15.9. The number of carbonyl (C=O) groups excluding carboxylic acids is 3. The van der Waals surface area contributed by atoms with Gasteiger partial charge < -0.3 is 20.1 Å². The van der Waals surface area contributed by atoms with Gasteiger partial charge in [0.15, 0.2) is 13.2 Å². The number of anilines is 1. The van der Waals surface area contributed by atoms with E-state index in [4.69, 9.17) is 9.47 Å². The summed E-state index contributed by atoms with van der Waals surface area (Å²) in [6.07, 6.45) is 0. The van der Waals surface area contributed by atoms with E-state index in [9.17, 15) is 14.4 Å². The van der Waals surface area contributed by atoms with Gasteiger partial charge in [-0.3, -0.25) is 9.59 Å². The van der Waals surface area contributed by atoms with Gasteiger partial charge >= 0.3 is 5.97 Å². The predicted molar refractivity (Wildman–Crippen MR) is 105 cm³/mol. The predicted octanol–water partition coefficient (Wildman–Crippen LogP) is 2.39. The Hall–Kier alpha value is -3.35. The molecule has 2 aromatic rings. The number of carbonyl (C=O) groups is 3. The minimum absolute atomic E-state index is 0.217. The number of hydrogen-bond acceptors (Lipinski definition) is 5. The van der Waals surface area contributed by atoms with Crippen LogP contribution in [-0.2, 0) is 19.1 Å².